The molecule has 2 N–H and O–H groups in total. The Hall–Kier alpha value is -2.46. The number of nitrogens with zero attached hydrogens (tertiary/aromatic N) is 3. The van der Waals surface area contributed by atoms with Gasteiger partial charge >= 0.3 is 0 Å². The van der Waals surface area contributed by atoms with E-state index in [1.54, 1.807) is 36.7 Å². The standard InChI is InChI=1S/C24H28ClN5O3S/c1-24(9-12-33-13-10-24)17-2-5-20(6-3-17)34(31,32)29-22-7-4-18(25)14-21(22)23-28-27-16-30(23)19-8-11-26-15-19/h2-7,14,16,19,26,29H,8-13,15H2,1H3. The van der Waals surface area contributed by atoms with Crippen molar-refractivity contribution in [1.29, 1.82) is 0 Å². The second-order valence-corrected chi connectivity index (χ2v) is 11.3. The lowest BCUT2D eigenvalue weighted by Crippen LogP contribution is -2.30. The number of benzene rings is 2. The first-order chi connectivity index (χ1) is 16.4. The summed E-state index contributed by atoms with van der Waals surface area (Å²) >= 11 is 6.28. The summed E-state index contributed by atoms with van der Waals surface area (Å²) in [5.41, 5.74) is 2.12. The summed E-state index contributed by atoms with van der Waals surface area (Å²) < 4.78 is 36.8. The van der Waals surface area contributed by atoms with E-state index < -0.39 is 10.0 Å². The Balaban J connectivity index is 1.44. The maximum Gasteiger partial charge on any atom is 0.261 e. The first-order valence-corrected chi connectivity index (χ1v) is 13.3. The summed E-state index contributed by atoms with van der Waals surface area (Å²) in [6.07, 6.45) is 4.47. The zero-order valence-corrected chi connectivity index (χ0v) is 20.6. The van der Waals surface area contributed by atoms with Crippen LogP contribution in [0.1, 0.15) is 37.8 Å². The van der Waals surface area contributed by atoms with Gasteiger partial charge < -0.3 is 14.6 Å². The van der Waals surface area contributed by atoms with Crippen LogP contribution in [0, 0.1) is 0 Å². The van der Waals surface area contributed by atoms with Crippen LogP contribution in [0.15, 0.2) is 53.7 Å². The van der Waals surface area contributed by atoms with E-state index >= 15 is 0 Å². The Labute approximate surface area is 204 Å². The predicted molar refractivity (Wildman–Crippen MR) is 132 cm³/mol. The minimum absolute atomic E-state index is 0.00348. The van der Waals surface area contributed by atoms with Gasteiger partial charge in [-0.15, -0.1) is 10.2 Å². The summed E-state index contributed by atoms with van der Waals surface area (Å²) in [4.78, 5) is 0.203. The topological polar surface area (TPSA) is 98.1 Å². The molecule has 34 heavy (non-hydrogen) atoms. The van der Waals surface area contributed by atoms with E-state index in [9.17, 15) is 8.42 Å². The van der Waals surface area contributed by atoms with E-state index in [2.05, 4.69) is 27.2 Å². The summed E-state index contributed by atoms with van der Waals surface area (Å²) in [7, 11) is -3.83. The van der Waals surface area contributed by atoms with E-state index in [0.717, 1.165) is 51.1 Å². The van der Waals surface area contributed by atoms with Crippen molar-refractivity contribution in [3.05, 3.63) is 59.4 Å². The molecule has 1 aromatic heterocycles. The first-order valence-electron chi connectivity index (χ1n) is 11.5. The quantitative estimate of drug-likeness (QED) is 0.529. The molecule has 0 amide bonds. The molecule has 0 spiro atoms. The molecule has 2 aliphatic heterocycles. The summed E-state index contributed by atoms with van der Waals surface area (Å²) in [5, 5.41) is 12.2. The lowest BCUT2D eigenvalue weighted by Gasteiger charge is -2.34. The van der Waals surface area contributed by atoms with Crippen LogP contribution in [-0.2, 0) is 20.2 Å². The van der Waals surface area contributed by atoms with Gasteiger partial charge in [-0.25, -0.2) is 8.42 Å². The van der Waals surface area contributed by atoms with Crippen molar-refractivity contribution in [2.24, 2.45) is 0 Å². The van der Waals surface area contributed by atoms with Crippen LogP contribution in [0.5, 0.6) is 0 Å². The molecule has 5 rings (SSSR count). The van der Waals surface area contributed by atoms with Gasteiger partial charge in [-0.2, -0.15) is 0 Å². The van der Waals surface area contributed by atoms with Gasteiger partial charge in [-0.1, -0.05) is 30.7 Å². The van der Waals surface area contributed by atoms with Gasteiger partial charge in [0.1, 0.15) is 6.33 Å². The summed E-state index contributed by atoms with van der Waals surface area (Å²) in [6.45, 7) is 5.37. The number of halogens is 1. The highest BCUT2D eigenvalue weighted by molar-refractivity contribution is 7.92. The highest BCUT2D eigenvalue weighted by Gasteiger charge is 2.30. The number of rotatable bonds is 6. The van der Waals surface area contributed by atoms with Crippen LogP contribution in [0.25, 0.3) is 11.4 Å². The minimum Gasteiger partial charge on any atom is -0.381 e. The number of hydrogen-bond donors (Lipinski definition) is 2. The van der Waals surface area contributed by atoms with Crippen molar-refractivity contribution in [3.8, 4) is 11.4 Å². The van der Waals surface area contributed by atoms with Crippen molar-refractivity contribution >= 4 is 27.3 Å². The van der Waals surface area contributed by atoms with Gasteiger partial charge in [0.15, 0.2) is 5.82 Å². The van der Waals surface area contributed by atoms with E-state index in [4.69, 9.17) is 16.3 Å². The van der Waals surface area contributed by atoms with Crippen molar-refractivity contribution < 1.29 is 13.2 Å². The lowest BCUT2D eigenvalue weighted by molar-refractivity contribution is 0.0564. The molecule has 180 valence electrons. The molecule has 3 heterocycles. The van der Waals surface area contributed by atoms with Crippen LogP contribution in [0.4, 0.5) is 5.69 Å². The number of sulfonamides is 1. The van der Waals surface area contributed by atoms with E-state index in [-0.39, 0.29) is 16.4 Å². The van der Waals surface area contributed by atoms with Gasteiger partial charge in [0, 0.05) is 30.3 Å². The molecule has 10 heteroatoms. The van der Waals surface area contributed by atoms with E-state index in [0.29, 0.717) is 22.1 Å². The third-order valence-corrected chi connectivity index (χ3v) is 8.54. The van der Waals surface area contributed by atoms with Crippen LogP contribution < -0.4 is 10.0 Å². The normalized spacial score (nSPS) is 20.4. The zero-order chi connectivity index (χ0) is 23.8. The molecule has 1 unspecified atom stereocenters. The average Bonchev–Trinajstić information content (AvgIpc) is 3.53. The second kappa shape index (κ2) is 9.30. The molecule has 0 radical (unpaired) electrons. The van der Waals surface area contributed by atoms with Gasteiger partial charge in [-0.05, 0) is 67.1 Å². The molecular weight excluding hydrogens is 474 g/mol. The number of anilines is 1. The van der Waals surface area contributed by atoms with Crippen molar-refractivity contribution in [2.45, 2.75) is 42.5 Å². The van der Waals surface area contributed by atoms with Gasteiger partial charge in [-0.3, -0.25) is 4.72 Å². The number of aromatic nitrogens is 3. The maximum atomic E-state index is 13.3. The molecule has 2 aromatic carbocycles. The van der Waals surface area contributed by atoms with E-state index in [1.165, 1.54) is 0 Å². The Kier molecular flexibility index (Phi) is 6.37. The highest BCUT2D eigenvalue weighted by atomic mass is 35.5. The number of hydrogen-bond acceptors (Lipinski definition) is 6. The molecule has 2 fully saturated rings. The van der Waals surface area contributed by atoms with Gasteiger partial charge in [0.2, 0.25) is 0 Å². The van der Waals surface area contributed by atoms with Crippen molar-refractivity contribution in [3.63, 3.8) is 0 Å². The van der Waals surface area contributed by atoms with Gasteiger partial charge in [0.05, 0.1) is 16.6 Å². The fraction of sp³-hybridized carbons (Fsp3) is 0.417. The Morgan fingerprint density at radius 3 is 2.65 bits per heavy atom. The molecular formula is C24H28ClN5O3S. The number of ether oxygens (including phenoxy) is 1. The van der Waals surface area contributed by atoms with Crippen LogP contribution in [-0.4, -0.2) is 49.5 Å². The average molecular weight is 502 g/mol. The minimum atomic E-state index is -3.83. The predicted octanol–water partition coefficient (Wildman–Crippen LogP) is 4.00. The zero-order valence-electron chi connectivity index (χ0n) is 19.0. The Morgan fingerprint density at radius 2 is 1.94 bits per heavy atom. The summed E-state index contributed by atoms with van der Waals surface area (Å²) in [5.74, 6) is 0.580. The fourth-order valence-electron chi connectivity index (χ4n) is 4.72. The monoisotopic (exact) mass is 501 g/mol. The third kappa shape index (κ3) is 4.57. The third-order valence-electron chi connectivity index (χ3n) is 6.93. The smallest absolute Gasteiger partial charge is 0.261 e. The Bertz CT molecular complexity index is 1260. The van der Waals surface area contributed by atoms with Crippen LogP contribution >= 0.6 is 11.6 Å². The van der Waals surface area contributed by atoms with Crippen LogP contribution in [0.3, 0.4) is 0 Å². The van der Waals surface area contributed by atoms with E-state index in [1.807, 2.05) is 16.7 Å². The first kappa shape index (κ1) is 23.3. The largest absolute Gasteiger partial charge is 0.381 e. The molecule has 0 saturated carbocycles. The van der Waals surface area contributed by atoms with Crippen molar-refractivity contribution in [2.75, 3.05) is 31.0 Å². The van der Waals surface area contributed by atoms with Gasteiger partial charge in [0.25, 0.3) is 10.0 Å². The maximum absolute atomic E-state index is 13.3. The molecule has 0 aliphatic carbocycles. The lowest BCUT2D eigenvalue weighted by atomic mass is 9.76. The SMILES string of the molecule is CC1(c2ccc(S(=O)(=O)Nc3ccc(Cl)cc3-c3nncn3C3CCNC3)cc2)CCOCC1. The van der Waals surface area contributed by atoms with Crippen molar-refractivity contribution in [1.82, 2.24) is 20.1 Å². The second-order valence-electron chi connectivity index (χ2n) is 9.20. The molecule has 0 bridgehead atoms. The number of nitrogens with one attached hydrogen (secondary N) is 2. The molecule has 2 saturated heterocycles. The fourth-order valence-corrected chi connectivity index (χ4v) is 5.97. The molecule has 1 atom stereocenters. The Morgan fingerprint density at radius 1 is 1.18 bits per heavy atom. The molecule has 8 nitrogen and oxygen atoms in total. The molecule has 3 aromatic rings. The molecule has 2 aliphatic rings. The highest BCUT2D eigenvalue weighted by Crippen LogP contribution is 2.36. The summed E-state index contributed by atoms with van der Waals surface area (Å²) in [6, 6.07) is 12.4. The van der Waals surface area contributed by atoms with Crippen LogP contribution in [0.2, 0.25) is 5.02 Å².